The maximum Gasteiger partial charge on any atom is 0.692 e. The van der Waals surface area contributed by atoms with Gasteiger partial charge in [0.05, 0.1) is 4.90 Å². The van der Waals surface area contributed by atoms with E-state index in [-0.39, 0.29) is 4.90 Å². The van der Waals surface area contributed by atoms with E-state index in [0.717, 1.165) is 22.2 Å². The van der Waals surface area contributed by atoms with Gasteiger partial charge in [0.2, 0.25) is 0 Å². The summed E-state index contributed by atoms with van der Waals surface area (Å²) in [6.07, 6.45) is 5.30. The molecule has 152 valence electrons. The molecule has 2 aromatic rings. The van der Waals surface area contributed by atoms with Gasteiger partial charge in [0.25, 0.3) is 15.9 Å². The van der Waals surface area contributed by atoms with Crippen LogP contribution in [-0.2, 0) is 25.9 Å². The van der Waals surface area contributed by atoms with Crippen molar-refractivity contribution in [3.63, 3.8) is 0 Å². The zero-order chi connectivity index (χ0) is 21.3. The van der Waals surface area contributed by atoms with Gasteiger partial charge in [-0.05, 0) is 49.5 Å². The maximum absolute atomic E-state index is 12.6. The first kappa shape index (κ1) is 23.6. The Morgan fingerprint density at radius 1 is 1.21 bits per heavy atom. The number of hydrogen-bond donors (Lipinski definition) is 4. The summed E-state index contributed by atoms with van der Waals surface area (Å²) >= 11 is 0. The quantitative estimate of drug-likeness (QED) is 0.229. The van der Waals surface area contributed by atoms with Crippen molar-refractivity contribution in [2.75, 3.05) is 14.1 Å². The summed E-state index contributed by atoms with van der Waals surface area (Å²) in [5.74, 6) is -0.693. The number of rotatable bonds is 6. The summed E-state index contributed by atoms with van der Waals surface area (Å²) in [5, 5.41) is 8.42. The monoisotopic (exact) mass is 430 g/mol. The highest BCUT2D eigenvalue weighted by Gasteiger charge is 2.16. The number of nitrogens with one attached hydrogen (secondary N) is 1. The number of carbonyl (C=O) groups is 1. The van der Waals surface area contributed by atoms with E-state index < -0.39 is 24.2 Å². The van der Waals surface area contributed by atoms with Crippen molar-refractivity contribution < 1.29 is 32.8 Å². The summed E-state index contributed by atoms with van der Waals surface area (Å²) in [6.45, 7) is 0.728. The van der Waals surface area contributed by atoms with Gasteiger partial charge >= 0.3 is 8.25 Å². The summed E-state index contributed by atoms with van der Waals surface area (Å²) < 4.78 is 35.0. The average Bonchev–Trinajstić information content (AvgIpc) is 3.09. The highest BCUT2D eigenvalue weighted by atomic mass is 32.2. The minimum atomic E-state index is -3.69. The highest BCUT2D eigenvalue weighted by Crippen LogP contribution is 2.17. The minimum absolute atomic E-state index is 0.184. The first-order valence-electron chi connectivity index (χ1n) is 7.70. The molecular weight excluding hydrogens is 409 g/mol. The van der Waals surface area contributed by atoms with Crippen molar-refractivity contribution in [2.45, 2.75) is 11.4 Å². The van der Waals surface area contributed by atoms with E-state index in [9.17, 15) is 13.2 Å². The van der Waals surface area contributed by atoms with Crippen LogP contribution in [0.2, 0.25) is 0 Å². The Morgan fingerprint density at radius 3 is 2.29 bits per heavy atom. The van der Waals surface area contributed by atoms with Gasteiger partial charge in [0, 0.05) is 29.6 Å². The lowest BCUT2D eigenvalue weighted by Crippen LogP contribution is -2.14. The molecule has 0 fully saturated rings. The van der Waals surface area contributed by atoms with E-state index in [1.807, 2.05) is 19.0 Å². The lowest BCUT2D eigenvalue weighted by molar-refractivity contribution is -0.124. The van der Waals surface area contributed by atoms with Crippen LogP contribution in [0.4, 0.5) is 0 Å². The van der Waals surface area contributed by atoms with Gasteiger partial charge in [0.15, 0.2) is 0 Å². The predicted molar refractivity (Wildman–Crippen MR) is 102 cm³/mol. The number of carbonyl (C=O) groups excluding carboxylic acids is 1. The third-order valence-corrected chi connectivity index (χ3v) is 4.88. The molecule has 0 aliphatic heterocycles. The molecule has 28 heavy (non-hydrogen) atoms. The number of hydrogen-bond acceptors (Lipinski definition) is 6. The molecule has 0 radical (unpaired) electrons. The van der Waals surface area contributed by atoms with Crippen LogP contribution in [0.3, 0.4) is 0 Å². The van der Waals surface area contributed by atoms with Crippen LogP contribution in [0.1, 0.15) is 11.1 Å². The summed E-state index contributed by atoms with van der Waals surface area (Å²) in [6, 6.07) is 8.26. The van der Waals surface area contributed by atoms with Gasteiger partial charge < -0.3 is 4.90 Å². The number of aromatic nitrogens is 1. The minimum Gasteiger partial charge on any atom is -0.305 e. The zero-order valence-electron chi connectivity index (χ0n) is 15.1. The second kappa shape index (κ2) is 10.8. The Balaban J connectivity index is 0.000000892. The topological polar surface area (TPSA) is 149 Å². The number of amides is 1. The van der Waals surface area contributed by atoms with Crippen molar-refractivity contribution >= 4 is 30.3 Å². The van der Waals surface area contributed by atoms with Crippen molar-refractivity contribution in [1.29, 1.82) is 0 Å². The standard InChI is InChI=1S/C16H19N3O4S.HO3P/c1-18(2)11-13-3-6-15(7-4-13)24(22,23)19-10-9-14(12-19)5-8-16(20)17-21;1-4(2)3/h3-10,12,21H,11H2,1-2H3,(H,17,20);(H-,1,2,3)/p+1/b8-5+;. The summed E-state index contributed by atoms with van der Waals surface area (Å²) in [7, 11) is -2.68. The Kier molecular flexibility index (Phi) is 9.13. The predicted octanol–water partition coefficient (Wildman–Crippen LogP) is 0.934. The van der Waals surface area contributed by atoms with Crippen LogP contribution in [0.15, 0.2) is 53.7 Å². The van der Waals surface area contributed by atoms with Crippen LogP contribution >= 0.6 is 8.25 Å². The van der Waals surface area contributed by atoms with E-state index in [2.05, 4.69) is 0 Å². The van der Waals surface area contributed by atoms with Gasteiger partial charge in [-0.3, -0.25) is 10.0 Å². The van der Waals surface area contributed by atoms with Crippen LogP contribution in [-0.4, -0.2) is 52.3 Å². The molecule has 1 aromatic heterocycles. The first-order valence-corrected chi connectivity index (χ1v) is 10.3. The molecule has 4 N–H and O–H groups in total. The lowest BCUT2D eigenvalue weighted by atomic mass is 10.2. The van der Waals surface area contributed by atoms with E-state index >= 15 is 0 Å². The molecule has 0 aliphatic carbocycles. The molecule has 12 heteroatoms. The third kappa shape index (κ3) is 7.69. The zero-order valence-corrected chi connectivity index (χ0v) is 16.8. The molecule has 1 heterocycles. The van der Waals surface area contributed by atoms with Crippen LogP contribution < -0.4 is 5.48 Å². The molecule has 0 unspecified atom stereocenters. The Morgan fingerprint density at radius 2 is 1.79 bits per heavy atom. The molecule has 0 spiro atoms. The molecule has 0 bridgehead atoms. The Labute approximate surface area is 163 Å². The highest BCUT2D eigenvalue weighted by molar-refractivity contribution is 7.90. The molecule has 1 aromatic carbocycles. The molecule has 0 aliphatic rings. The van der Waals surface area contributed by atoms with Gasteiger partial charge in [-0.2, -0.15) is 0 Å². The fourth-order valence-corrected chi connectivity index (χ4v) is 3.31. The summed E-state index contributed by atoms with van der Waals surface area (Å²) in [4.78, 5) is 27.4. The van der Waals surface area contributed by atoms with Crippen molar-refractivity contribution in [3.8, 4) is 0 Å². The van der Waals surface area contributed by atoms with E-state index in [1.54, 1.807) is 30.3 Å². The van der Waals surface area contributed by atoms with Crippen LogP contribution in [0.5, 0.6) is 0 Å². The molecule has 0 saturated carbocycles. The maximum atomic E-state index is 12.6. The first-order chi connectivity index (χ1) is 13.1. The van der Waals surface area contributed by atoms with Gasteiger partial charge in [-0.1, -0.05) is 12.1 Å². The fraction of sp³-hybridized carbons (Fsp3) is 0.188. The van der Waals surface area contributed by atoms with E-state index in [0.29, 0.717) is 5.56 Å². The molecule has 1 amide bonds. The molecule has 0 saturated heterocycles. The van der Waals surface area contributed by atoms with Crippen molar-refractivity contribution in [3.05, 3.63) is 59.9 Å². The second-order valence-electron chi connectivity index (χ2n) is 5.72. The summed E-state index contributed by atoms with van der Waals surface area (Å²) in [5.41, 5.74) is 3.00. The Bertz CT molecular complexity index is 933. The normalized spacial score (nSPS) is 11.2. The van der Waals surface area contributed by atoms with E-state index in [4.69, 9.17) is 19.6 Å². The molecule has 2 rings (SSSR count). The fourth-order valence-electron chi connectivity index (χ4n) is 2.10. The molecule has 10 nitrogen and oxygen atoms in total. The second-order valence-corrected chi connectivity index (χ2v) is 8.07. The smallest absolute Gasteiger partial charge is 0.305 e. The van der Waals surface area contributed by atoms with Gasteiger partial charge in [0.1, 0.15) is 0 Å². The van der Waals surface area contributed by atoms with Crippen molar-refractivity contribution in [1.82, 2.24) is 14.4 Å². The molecular formula is C16H21N3O7PS+. The van der Waals surface area contributed by atoms with Crippen LogP contribution in [0.25, 0.3) is 6.08 Å². The number of benzene rings is 1. The van der Waals surface area contributed by atoms with Gasteiger partial charge in [-0.25, -0.2) is 17.9 Å². The van der Waals surface area contributed by atoms with Gasteiger partial charge in [-0.15, -0.1) is 9.79 Å². The average molecular weight is 430 g/mol. The Hall–Kier alpha value is -2.40. The largest absolute Gasteiger partial charge is 0.692 e. The SMILES string of the molecule is CN(C)Cc1ccc(S(=O)(=O)n2ccc(/C=C/C(=O)NO)c2)cc1.O=[P+](O)O. The number of nitrogens with zero attached hydrogens (tertiary/aromatic N) is 2. The lowest BCUT2D eigenvalue weighted by Gasteiger charge is -2.10. The van der Waals surface area contributed by atoms with Crippen LogP contribution in [0, 0.1) is 0 Å². The number of hydroxylamine groups is 1. The van der Waals surface area contributed by atoms with Crippen molar-refractivity contribution in [2.24, 2.45) is 0 Å². The molecule has 0 atom stereocenters. The van der Waals surface area contributed by atoms with E-state index in [1.165, 1.54) is 23.9 Å². The third-order valence-electron chi connectivity index (χ3n) is 3.23.